The minimum absolute atomic E-state index is 0.243. The Hall–Kier alpha value is -0.590. The molecule has 0 fully saturated rings. The topological polar surface area (TPSA) is 30.7 Å². The molecule has 0 atom stereocenters. The minimum Gasteiger partial charge on any atom is -0.301 e. The Kier molecular flexibility index (Phi) is 3.14. The zero-order chi connectivity index (χ0) is 11.9. The van der Waals surface area contributed by atoms with Gasteiger partial charge in [-0.1, -0.05) is 15.9 Å². The monoisotopic (exact) mass is 285 g/mol. The van der Waals surface area contributed by atoms with Crippen LogP contribution in [0.1, 0.15) is 32.4 Å². The molecule has 0 aliphatic rings. The van der Waals surface area contributed by atoms with Crippen molar-refractivity contribution >= 4 is 15.9 Å². The summed E-state index contributed by atoms with van der Waals surface area (Å²) in [6.07, 6.45) is -4.47. The lowest BCUT2D eigenvalue weighted by Gasteiger charge is -2.25. The molecular formula is C8H11BrF3N3. The van der Waals surface area contributed by atoms with E-state index in [1.807, 2.05) is 0 Å². The van der Waals surface area contributed by atoms with Crippen molar-refractivity contribution in [1.82, 2.24) is 14.8 Å². The molecule has 1 heterocycles. The third-order valence-electron chi connectivity index (χ3n) is 1.77. The Balaban J connectivity index is 3.37. The molecule has 0 aliphatic carbocycles. The van der Waals surface area contributed by atoms with E-state index in [2.05, 4.69) is 26.1 Å². The molecule has 0 aromatic carbocycles. The van der Waals surface area contributed by atoms with E-state index >= 15 is 0 Å². The number of halogens is 4. The van der Waals surface area contributed by atoms with Crippen molar-refractivity contribution in [3.8, 4) is 0 Å². The molecule has 0 radical (unpaired) electrons. The first-order valence-electron chi connectivity index (χ1n) is 4.26. The van der Waals surface area contributed by atoms with Crippen LogP contribution in [0.3, 0.4) is 0 Å². The SMILES string of the molecule is CC(C)(C)n1c(CBr)nnc1C(F)(F)F. The van der Waals surface area contributed by atoms with Gasteiger partial charge in [0.25, 0.3) is 0 Å². The maximum atomic E-state index is 12.6. The molecule has 7 heteroatoms. The van der Waals surface area contributed by atoms with Crippen molar-refractivity contribution in [3.05, 3.63) is 11.6 Å². The Bertz CT molecular complexity index is 351. The Labute approximate surface area is 93.8 Å². The van der Waals surface area contributed by atoms with Crippen LogP contribution in [0, 0.1) is 0 Å². The van der Waals surface area contributed by atoms with Crippen LogP contribution in [0.4, 0.5) is 13.2 Å². The second-order valence-electron chi connectivity index (χ2n) is 4.08. The highest BCUT2D eigenvalue weighted by Crippen LogP contribution is 2.32. The van der Waals surface area contributed by atoms with Crippen LogP contribution in [0.15, 0.2) is 0 Å². The molecule has 15 heavy (non-hydrogen) atoms. The van der Waals surface area contributed by atoms with Gasteiger partial charge in [-0.15, -0.1) is 10.2 Å². The largest absolute Gasteiger partial charge is 0.451 e. The van der Waals surface area contributed by atoms with Crippen LogP contribution < -0.4 is 0 Å². The Morgan fingerprint density at radius 1 is 1.20 bits per heavy atom. The molecule has 0 saturated heterocycles. The molecule has 86 valence electrons. The first-order valence-corrected chi connectivity index (χ1v) is 5.38. The molecule has 1 rings (SSSR count). The van der Waals surface area contributed by atoms with E-state index in [1.165, 1.54) is 0 Å². The third kappa shape index (κ3) is 2.50. The average molecular weight is 286 g/mol. The summed E-state index contributed by atoms with van der Waals surface area (Å²) in [6, 6.07) is 0. The van der Waals surface area contributed by atoms with E-state index in [-0.39, 0.29) is 11.2 Å². The fraction of sp³-hybridized carbons (Fsp3) is 0.750. The number of aromatic nitrogens is 3. The molecule has 0 N–H and O–H groups in total. The summed E-state index contributed by atoms with van der Waals surface area (Å²) in [5.41, 5.74) is -0.697. The van der Waals surface area contributed by atoms with Gasteiger partial charge in [0.2, 0.25) is 5.82 Å². The molecule has 1 aromatic heterocycles. The van der Waals surface area contributed by atoms with Gasteiger partial charge < -0.3 is 4.57 Å². The van der Waals surface area contributed by atoms with E-state index in [0.717, 1.165) is 4.57 Å². The second kappa shape index (κ2) is 3.77. The number of hydrogen-bond acceptors (Lipinski definition) is 2. The van der Waals surface area contributed by atoms with Crippen molar-refractivity contribution in [3.63, 3.8) is 0 Å². The highest BCUT2D eigenvalue weighted by molar-refractivity contribution is 9.08. The van der Waals surface area contributed by atoms with E-state index < -0.39 is 17.5 Å². The fourth-order valence-electron chi connectivity index (χ4n) is 1.29. The molecular weight excluding hydrogens is 275 g/mol. The molecule has 0 unspecified atom stereocenters. The summed E-state index contributed by atoms with van der Waals surface area (Å²) in [6.45, 7) is 5.04. The molecule has 0 bridgehead atoms. The van der Waals surface area contributed by atoms with Crippen molar-refractivity contribution in [2.24, 2.45) is 0 Å². The van der Waals surface area contributed by atoms with Crippen LogP contribution in [-0.4, -0.2) is 14.8 Å². The van der Waals surface area contributed by atoms with Gasteiger partial charge >= 0.3 is 6.18 Å². The maximum absolute atomic E-state index is 12.6. The van der Waals surface area contributed by atoms with Gasteiger partial charge in [0.1, 0.15) is 5.82 Å². The quantitative estimate of drug-likeness (QED) is 0.743. The van der Waals surface area contributed by atoms with Crippen LogP contribution in [0.25, 0.3) is 0 Å². The van der Waals surface area contributed by atoms with Crippen LogP contribution in [0.5, 0.6) is 0 Å². The van der Waals surface area contributed by atoms with Gasteiger partial charge in [-0.25, -0.2) is 0 Å². The van der Waals surface area contributed by atoms with Crippen molar-refractivity contribution < 1.29 is 13.2 Å². The van der Waals surface area contributed by atoms with E-state index in [1.54, 1.807) is 20.8 Å². The van der Waals surface area contributed by atoms with Gasteiger partial charge in [0.05, 0.1) is 5.33 Å². The summed E-state index contributed by atoms with van der Waals surface area (Å²) >= 11 is 3.09. The molecule has 3 nitrogen and oxygen atoms in total. The Morgan fingerprint density at radius 2 is 1.73 bits per heavy atom. The van der Waals surface area contributed by atoms with Crippen molar-refractivity contribution in [2.45, 2.75) is 37.8 Å². The van der Waals surface area contributed by atoms with Crippen LogP contribution in [0.2, 0.25) is 0 Å². The number of alkyl halides is 4. The standard InChI is InChI=1S/C8H11BrF3N3/c1-7(2,3)15-5(4-9)13-14-6(15)8(10,11)12/h4H2,1-3H3. The van der Waals surface area contributed by atoms with E-state index in [9.17, 15) is 13.2 Å². The third-order valence-corrected chi connectivity index (χ3v) is 2.28. The van der Waals surface area contributed by atoms with Gasteiger partial charge in [-0.2, -0.15) is 13.2 Å². The number of nitrogens with zero attached hydrogens (tertiary/aromatic N) is 3. The van der Waals surface area contributed by atoms with Crippen LogP contribution in [-0.2, 0) is 17.0 Å². The normalized spacial score (nSPS) is 13.3. The smallest absolute Gasteiger partial charge is 0.301 e. The van der Waals surface area contributed by atoms with Crippen LogP contribution >= 0.6 is 15.9 Å². The lowest BCUT2D eigenvalue weighted by molar-refractivity contribution is -0.149. The minimum atomic E-state index is -4.47. The zero-order valence-corrected chi connectivity index (χ0v) is 10.1. The maximum Gasteiger partial charge on any atom is 0.451 e. The predicted molar refractivity (Wildman–Crippen MR) is 52.7 cm³/mol. The van der Waals surface area contributed by atoms with E-state index in [0.29, 0.717) is 0 Å². The molecule has 0 aliphatic heterocycles. The van der Waals surface area contributed by atoms with Crippen molar-refractivity contribution in [1.29, 1.82) is 0 Å². The summed E-state index contributed by atoms with van der Waals surface area (Å²) in [5, 5.41) is 6.94. The fourth-order valence-corrected chi connectivity index (χ4v) is 1.65. The molecule has 0 spiro atoms. The lowest BCUT2D eigenvalue weighted by Crippen LogP contribution is -2.29. The van der Waals surface area contributed by atoms with Gasteiger partial charge in [-0.3, -0.25) is 0 Å². The van der Waals surface area contributed by atoms with Gasteiger partial charge in [0.15, 0.2) is 0 Å². The highest BCUT2D eigenvalue weighted by atomic mass is 79.9. The average Bonchev–Trinajstić information content (AvgIpc) is 2.44. The molecule has 0 amide bonds. The first kappa shape index (κ1) is 12.5. The van der Waals surface area contributed by atoms with Gasteiger partial charge in [0, 0.05) is 5.54 Å². The zero-order valence-electron chi connectivity index (χ0n) is 8.56. The summed E-state index contributed by atoms with van der Waals surface area (Å²) in [7, 11) is 0. The summed E-state index contributed by atoms with van der Waals surface area (Å²) < 4.78 is 38.9. The van der Waals surface area contributed by atoms with Gasteiger partial charge in [-0.05, 0) is 20.8 Å². The van der Waals surface area contributed by atoms with Crippen molar-refractivity contribution in [2.75, 3.05) is 0 Å². The second-order valence-corrected chi connectivity index (χ2v) is 4.64. The number of rotatable bonds is 1. The Morgan fingerprint density at radius 3 is 2.07 bits per heavy atom. The number of hydrogen-bond donors (Lipinski definition) is 0. The molecule has 0 saturated carbocycles. The lowest BCUT2D eigenvalue weighted by atomic mass is 10.1. The highest BCUT2D eigenvalue weighted by Gasteiger charge is 2.40. The summed E-state index contributed by atoms with van der Waals surface area (Å²) in [5.74, 6) is -0.681. The van der Waals surface area contributed by atoms with E-state index in [4.69, 9.17) is 0 Å². The molecule has 1 aromatic rings. The summed E-state index contributed by atoms with van der Waals surface area (Å²) in [4.78, 5) is 0. The first-order chi connectivity index (χ1) is 6.68. The predicted octanol–water partition coefficient (Wildman–Crippen LogP) is 2.95.